The summed E-state index contributed by atoms with van der Waals surface area (Å²) in [6.07, 6.45) is 3.64. The van der Waals surface area contributed by atoms with E-state index in [-0.39, 0.29) is 10.9 Å². The number of anilines is 2. The summed E-state index contributed by atoms with van der Waals surface area (Å²) in [4.78, 5) is 12.3. The zero-order chi connectivity index (χ0) is 13.6. The number of carbonyl (C=O) groups excluding carboxylic acids is 1. The van der Waals surface area contributed by atoms with Crippen LogP contribution in [-0.4, -0.2) is 11.4 Å². The highest BCUT2D eigenvalue weighted by molar-refractivity contribution is 6.31. The Bertz CT molecular complexity index is 538. The van der Waals surface area contributed by atoms with E-state index >= 15 is 0 Å². The summed E-state index contributed by atoms with van der Waals surface area (Å²) < 4.78 is 13.4. The molecule has 1 fully saturated rings. The summed E-state index contributed by atoms with van der Waals surface area (Å²) in [7, 11) is 0. The Morgan fingerprint density at radius 3 is 2.68 bits per heavy atom. The number of nitrogens with one attached hydrogen (secondary N) is 2. The van der Waals surface area contributed by atoms with E-state index in [0.29, 0.717) is 17.3 Å². The Morgan fingerprint density at radius 1 is 1.32 bits per heavy atom. The maximum atomic E-state index is 13.4. The molecule has 102 valence electrons. The molecule has 0 aromatic heterocycles. The molecule has 1 saturated carbocycles. The van der Waals surface area contributed by atoms with E-state index in [1.165, 1.54) is 6.07 Å². The average Bonchev–Trinajstić information content (AvgIpc) is 2.37. The van der Waals surface area contributed by atoms with Crippen molar-refractivity contribution in [3.63, 3.8) is 0 Å². The highest BCUT2D eigenvalue weighted by atomic mass is 35.5. The Hall–Kier alpha value is -1.29. The second-order valence-corrected chi connectivity index (χ2v) is 6.06. The van der Waals surface area contributed by atoms with Gasteiger partial charge in [-0.1, -0.05) is 18.5 Å². The molecule has 0 radical (unpaired) electrons. The first kappa shape index (κ1) is 12.7. The largest absolute Gasteiger partial charge is 0.369 e. The fourth-order valence-corrected chi connectivity index (χ4v) is 3.08. The van der Waals surface area contributed by atoms with E-state index in [1.807, 2.05) is 0 Å². The van der Waals surface area contributed by atoms with E-state index in [0.717, 1.165) is 25.7 Å². The molecule has 1 aromatic rings. The first-order valence-electron chi connectivity index (χ1n) is 6.59. The average molecular weight is 283 g/mol. The SMILES string of the molecule is CC1CCC2(CC1)Nc1cc(Cl)c(F)cc1NC2=O. The van der Waals surface area contributed by atoms with Crippen LogP contribution in [0.1, 0.15) is 32.6 Å². The van der Waals surface area contributed by atoms with Crippen molar-refractivity contribution in [2.24, 2.45) is 5.92 Å². The summed E-state index contributed by atoms with van der Waals surface area (Å²) in [6.45, 7) is 2.20. The van der Waals surface area contributed by atoms with Gasteiger partial charge in [-0.3, -0.25) is 4.79 Å². The van der Waals surface area contributed by atoms with Gasteiger partial charge >= 0.3 is 0 Å². The van der Waals surface area contributed by atoms with Crippen molar-refractivity contribution in [1.82, 2.24) is 0 Å². The van der Waals surface area contributed by atoms with Gasteiger partial charge in [0.05, 0.1) is 16.4 Å². The van der Waals surface area contributed by atoms with Crippen molar-refractivity contribution in [3.8, 4) is 0 Å². The van der Waals surface area contributed by atoms with Gasteiger partial charge in [-0.2, -0.15) is 0 Å². The van der Waals surface area contributed by atoms with Crippen LogP contribution in [0.4, 0.5) is 15.8 Å². The van der Waals surface area contributed by atoms with Crippen LogP contribution in [0.25, 0.3) is 0 Å². The molecule has 2 aliphatic rings. The minimum Gasteiger partial charge on any atom is -0.369 e. The molecule has 1 heterocycles. The van der Waals surface area contributed by atoms with Crippen molar-refractivity contribution in [2.45, 2.75) is 38.1 Å². The third kappa shape index (κ3) is 2.08. The van der Waals surface area contributed by atoms with Crippen molar-refractivity contribution in [2.75, 3.05) is 10.6 Å². The molecule has 3 rings (SSSR count). The predicted octanol–water partition coefficient (Wildman–Crippen LogP) is 3.79. The lowest BCUT2D eigenvalue weighted by Gasteiger charge is -2.42. The number of benzene rings is 1. The smallest absolute Gasteiger partial charge is 0.250 e. The van der Waals surface area contributed by atoms with Gasteiger partial charge in [0.2, 0.25) is 5.91 Å². The van der Waals surface area contributed by atoms with E-state index in [1.54, 1.807) is 6.07 Å². The number of hydrogen-bond donors (Lipinski definition) is 2. The third-order valence-corrected chi connectivity index (χ3v) is 4.53. The topological polar surface area (TPSA) is 41.1 Å². The highest BCUT2D eigenvalue weighted by Gasteiger charge is 2.44. The summed E-state index contributed by atoms with van der Waals surface area (Å²) >= 11 is 5.80. The van der Waals surface area contributed by atoms with Crippen LogP contribution < -0.4 is 10.6 Å². The summed E-state index contributed by atoms with van der Waals surface area (Å²) in [5, 5.41) is 6.16. The summed E-state index contributed by atoms with van der Waals surface area (Å²) in [5.74, 6) is 0.0720. The molecule has 19 heavy (non-hydrogen) atoms. The van der Waals surface area contributed by atoms with E-state index in [4.69, 9.17) is 11.6 Å². The van der Waals surface area contributed by atoms with Crippen LogP contribution in [-0.2, 0) is 4.79 Å². The second kappa shape index (κ2) is 4.37. The second-order valence-electron chi connectivity index (χ2n) is 5.66. The van der Waals surface area contributed by atoms with Crippen molar-refractivity contribution in [1.29, 1.82) is 0 Å². The maximum Gasteiger partial charge on any atom is 0.250 e. The Balaban J connectivity index is 1.95. The van der Waals surface area contributed by atoms with Gasteiger partial charge in [-0.05, 0) is 37.7 Å². The molecular weight excluding hydrogens is 267 g/mol. The van der Waals surface area contributed by atoms with E-state index < -0.39 is 11.4 Å². The van der Waals surface area contributed by atoms with Crippen molar-refractivity contribution >= 4 is 28.9 Å². The fourth-order valence-electron chi connectivity index (χ4n) is 2.92. The molecule has 1 aliphatic carbocycles. The molecule has 0 bridgehead atoms. The Labute approximate surface area is 116 Å². The molecule has 1 spiro atoms. The number of rotatable bonds is 0. The zero-order valence-electron chi connectivity index (χ0n) is 10.7. The van der Waals surface area contributed by atoms with Gasteiger partial charge in [-0.15, -0.1) is 0 Å². The van der Waals surface area contributed by atoms with Gasteiger partial charge in [0, 0.05) is 6.07 Å². The number of amides is 1. The number of halogens is 2. The van der Waals surface area contributed by atoms with E-state index in [9.17, 15) is 9.18 Å². The molecule has 2 N–H and O–H groups in total. The van der Waals surface area contributed by atoms with Crippen molar-refractivity contribution < 1.29 is 9.18 Å². The lowest BCUT2D eigenvalue weighted by molar-refractivity contribution is -0.121. The van der Waals surface area contributed by atoms with Crippen LogP contribution in [0.2, 0.25) is 5.02 Å². The first-order chi connectivity index (χ1) is 9.00. The quantitative estimate of drug-likeness (QED) is 0.760. The monoisotopic (exact) mass is 282 g/mol. The molecule has 1 aromatic carbocycles. The molecule has 3 nitrogen and oxygen atoms in total. The molecule has 1 amide bonds. The summed E-state index contributed by atoms with van der Waals surface area (Å²) in [6, 6.07) is 2.81. The van der Waals surface area contributed by atoms with Gasteiger partial charge in [-0.25, -0.2) is 4.39 Å². The minimum atomic E-state index is -0.555. The van der Waals surface area contributed by atoms with Crippen LogP contribution in [0.5, 0.6) is 0 Å². The van der Waals surface area contributed by atoms with Gasteiger partial charge in [0.1, 0.15) is 11.4 Å². The molecule has 0 unspecified atom stereocenters. The first-order valence-corrected chi connectivity index (χ1v) is 6.97. The standard InChI is InChI=1S/C14H16ClFN2O/c1-8-2-4-14(5-3-8)13(19)17-11-7-10(16)9(15)6-12(11)18-14/h6-8,18H,2-5H2,1H3,(H,17,19). The minimum absolute atomic E-state index is 0.0615. The molecule has 1 aliphatic heterocycles. The molecule has 5 heteroatoms. The molecular formula is C14H16ClFN2O. The maximum absolute atomic E-state index is 13.4. The molecule has 0 atom stereocenters. The lowest BCUT2D eigenvalue weighted by atomic mass is 9.75. The Kier molecular flexibility index (Phi) is 2.93. The zero-order valence-corrected chi connectivity index (χ0v) is 11.5. The lowest BCUT2D eigenvalue weighted by Crippen LogP contribution is -2.54. The fraction of sp³-hybridized carbons (Fsp3) is 0.500. The third-order valence-electron chi connectivity index (χ3n) is 4.25. The van der Waals surface area contributed by atoms with Crippen LogP contribution in [0.3, 0.4) is 0 Å². The number of carbonyl (C=O) groups is 1. The molecule has 0 saturated heterocycles. The normalized spacial score (nSPS) is 29.6. The van der Waals surface area contributed by atoms with Gasteiger partial charge in [0.25, 0.3) is 0 Å². The van der Waals surface area contributed by atoms with Crippen molar-refractivity contribution in [3.05, 3.63) is 23.0 Å². The summed E-state index contributed by atoms with van der Waals surface area (Å²) in [5.41, 5.74) is 0.623. The van der Waals surface area contributed by atoms with Crippen LogP contribution >= 0.6 is 11.6 Å². The predicted molar refractivity (Wildman–Crippen MR) is 74.0 cm³/mol. The number of hydrogen-bond acceptors (Lipinski definition) is 2. The van der Waals surface area contributed by atoms with E-state index in [2.05, 4.69) is 17.6 Å². The van der Waals surface area contributed by atoms with Crippen LogP contribution in [0, 0.1) is 11.7 Å². The highest BCUT2D eigenvalue weighted by Crippen LogP contribution is 2.41. The Morgan fingerprint density at radius 2 is 2.00 bits per heavy atom. The number of fused-ring (bicyclic) bond motifs is 1. The van der Waals surface area contributed by atoms with Crippen LogP contribution in [0.15, 0.2) is 12.1 Å². The van der Waals surface area contributed by atoms with Gasteiger partial charge < -0.3 is 10.6 Å². The van der Waals surface area contributed by atoms with Gasteiger partial charge in [0.15, 0.2) is 0 Å².